The van der Waals surface area contributed by atoms with E-state index in [1.807, 2.05) is 6.08 Å². The Balaban J connectivity index is 3.98. The third-order valence-electron chi connectivity index (χ3n) is 3.48. The van der Waals surface area contributed by atoms with Gasteiger partial charge in [0.1, 0.15) is 6.35 Å². The van der Waals surface area contributed by atoms with E-state index in [-0.39, 0.29) is 6.35 Å². The summed E-state index contributed by atoms with van der Waals surface area (Å²) in [6.07, 6.45) is 10.9. The van der Waals surface area contributed by atoms with Crippen LogP contribution in [0.3, 0.4) is 0 Å². The third kappa shape index (κ3) is 12.4. The first-order valence-corrected chi connectivity index (χ1v) is 9.78. The van der Waals surface area contributed by atoms with E-state index in [1.54, 1.807) is 0 Å². The molecule has 0 unspecified atom stereocenters. The molecule has 0 rings (SSSR count). The molecule has 0 atom stereocenters. The van der Waals surface area contributed by atoms with Gasteiger partial charge < -0.3 is 13.8 Å². The number of hydrogen-bond donors (Lipinski definition) is 0. The van der Waals surface area contributed by atoms with Crippen molar-refractivity contribution < 1.29 is 18.3 Å². The molecule has 0 aromatic heterocycles. The predicted molar refractivity (Wildman–Crippen MR) is 97.9 cm³/mol. The third-order valence-corrected chi connectivity index (χ3v) is 5.09. The molecule has 0 aliphatic carbocycles. The van der Waals surface area contributed by atoms with E-state index in [1.165, 1.54) is 30.9 Å². The molecule has 0 aliphatic rings. The molecule has 0 aliphatic heterocycles. The van der Waals surface area contributed by atoms with Gasteiger partial charge in [0.05, 0.1) is 6.61 Å². The van der Waals surface area contributed by atoms with Crippen molar-refractivity contribution in [2.24, 2.45) is 0 Å². The summed E-state index contributed by atoms with van der Waals surface area (Å²) in [5, 5.41) is 0. The van der Waals surface area contributed by atoms with Gasteiger partial charge in [-0.1, -0.05) is 34.9 Å². The van der Waals surface area contributed by atoms with Gasteiger partial charge in [0.25, 0.3) is 0 Å². The fourth-order valence-electron chi connectivity index (χ4n) is 1.88. The highest BCUT2D eigenvalue weighted by Gasteiger charge is 2.20. The van der Waals surface area contributed by atoms with E-state index in [0.717, 1.165) is 25.7 Å². The summed E-state index contributed by atoms with van der Waals surface area (Å²) < 4.78 is 26.7. The van der Waals surface area contributed by atoms with Gasteiger partial charge in [-0.2, -0.15) is 0 Å². The second kappa shape index (κ2) is 12.7. The van der Waals surface area contributed by atoms with Crippen molar-refractivity contribution in [1.29, 1.82) is 0 Å². The van der Waals surface area contributed by atoms with Gasteiger partial charge in [0, 0.05) is 14.2 Å². The van der Waals surface area contributed by atoms with Crippen molar-refractivity contribution in [3.63, 3.8) is 0 Å². The van der Waals surface area contributed by atoms with Gasteiger partial charge in [-0.3, -0.25) is 4.57 Å². The maximum atomic E-state index is 11.8. The minimum absolute atomic E-state index is 0.0207. The summed E-state index contributed by atoms with van der Waals surface area (Å²) in [5.74, 6) is 0. The lowest BCUT2D eigenvalue weighted by Crippen LogP contribution is -2.00. The predicted octanol–water partition coefficient (Wildman–Crippen LogP) is 5.87. The van der Waals surface area contributed by atoms with Crippen molar-refractivity contribution in [2.45, 2.75) is 53.4 Å². The van der Waals surface area contributed by atoms with Crippen LogP contribution in [0.1, 0.15) is 53.4 Å². The molecule has 0 radical (unpaired) electrons. The first kappa shape index (κ1) is 22.3. The van der Waals surface area contributed by atoms with Crippen molar-refractivity contribution in [2.75, 3.05) is 27.2 Å². The minimum atomic E-state index is -3.06. The SMILES string of the molecule is COP(=O)(COC/C=C(\C)CC/C=C(\C)CCC=C(C)C)OC. The standard InChI is InChI=1S/C18H33O4P/c1-16(2)9-7-10-17(3)11-8-12-18(4)13-14-22-15-23(19,20-5)21-6/h9,11,13H,7-8,10,12,14-15H2,1-6H3/b17-11+,18-13+. The van der Waals surface area contributed by atoms with Crippen LogP contribution in [0.25, 0.3) is 0 Å². The molecule has 0 fully saturated rings. The highest BCUT2D eigenvalue weighted by molar-refractivity contribution is 7.53. The Hall–Kier alpha value is -0.670. The lowest BCUT2D eigenvalue weighted by Gasteiger charge is -2.12. The summed E-state index contributed by atoms with van der Waals surface area (Å²) in [5.41, 5.74) is 4.08. The second-order valence-corrected chi connectivity index (χ2v) is 8.15. The zero-order chi connectivity index (χ0) is 17.7. The van der Waals surface area contributed by atoms with Crippen molar-refractivity contribution >= 4 is 7.60 Å². The monoisotopic (exact) mass is 344 g/mol. The Morgan fingerprint density at radius 3 is 1.91 bits per heavy atom. The Bertz CT molecular complexity index is 452. The average Bonchev–Trinajstić information content (AvgIpc) is 2.51. The lowest BCUT2D eigenvalue weighted by atomic mass is 10.1. The second-order valence-electron chi connectivity index (χ2n) is 5.94. The van der Waals surface area contributed by atoms with E-state index < -0.39 is 7.60 Å². The summed E-state index contributed by atoms with van der Waals surface area (Å²) >= 11 is 0. The van der Waals surface area contributed by atoms with E-state index in [0.29, 0.717) is 6.61 Å². The number of ether oxygens (including phenoxy) is 1. The van der Waals surface area contributed by atoms with Gasteiger partial charge in [-0.15, -0.1) is 0 Å². The molecule has 23 heavy (non-hydrogen) atoms. The van der Waals surface area contributed by atoms with Crippen LogP contribution < -0.4 is 0 Å². The molecule has 0 bridgehead atoms. The zero-order valence-electron chi connectivity index (χ0n) is 15.6. The first-order chi connectivity index (χ1) is 10.8. The number of allylic oxidation sites excluding steroid dienone is 5. The fourth-order valence-corrected chi connectivity index (χ4v) is 2.57. The van der Waals surface area contributed by atoms with Gasteiger partial charge >= 0.3 is 7.60 Å². The highest BCUT2D eigenvalue weighted by Crippen LogP contribution is 2.45. The van der Waals surface area contributed by atoms with Crippen LogP contribution in [0, 0.1) is 0 Å². The molecule has 0 N–H and O–H groups in total. The molecule has 0 saturated heterocycles. The van der Waals surface area contributed by atoms with E-state index in [4.69, 9.17) is 13.8 Å². The van der Waals surface area contributed by atoms with Crippen LogP contribution >= 0.6 is 7.60 Å². The van der Waals surface area contributed by atoms with Crippen LogP contribution in [-0.2, 0) is 18.3 Å². The molecular weight excluding hydrogens is 311 g/mol. The maximum Gasteiger partial charge on any atom is 0.355 e. The minimum Gasteiger partial charge on any atom is -0.365 e. The molecule has 134 valence electrons. The van der Waals surface area contributed by atoms with Crippen molar-refractivity contribution in [3.05, 3.63) is 34.9 Å². The molecule has 0 aromatic carbocycles. The molecule has 0 aromatic rings. The molecule has 0 heterocycles. The zero-order valence-corrected chi connectivity index (χ0v) is 16.4. The molecule has 0 spiro atoms. The maximum absolute atomic E-state index is 11.8. The number of hydrogen-bond acceptors (Lipinski definition) is 4. The van der Waals surface area contributed by atoms with Crippen molar-refractivity contribution in [1.82, 2.24) is 0 Å². The van der Waals surface area contributed by atoms with Crippen LogP contribution in [0.15, 0.2) is 34.9 Å². The van der Waals surface area contributed by atoms with E-state index in [9.17, 15) is 4.57 Å². The first-order valence-electron chi connectivity index (χ1n) is 8.06. The van der Waals surface area contributed by atoms with Crippen LogP contribution in [-0.4, -0.2) is 27.2 Å². The normalized spacial score (nSPS) is 13.3. The molecule has 4 nitrogen and oxygen atoms in total. The summed E-state index contributed by atoms with van der Waals surface area (Å²) in [6, 6.07) is 0. The molecule has 5 heteroatoms. The van der Waals surface area contributed by atoms with Gasteiger partial charge in [0.2, 0.25) is 0 Å². The molecule has 0 amide bonds. The Kier molecular flexibility index (Phi) is 12.3. The topological polar surface area (TPSA) is 44.8 Å². The van der Waals surface area contributed by atoms with E-state index >= 15 is 0 Å². The van der Waals surface area contributed by atoms with Crippen LogP contribution in [0.2, 0.25) is 0 Å². The Morgan fingerprint density at radius 1 is 0.870 bits per heavy atom. The van der Waals surface area contributed by atoms with Gasteiger partial charge in [-0.25, -0.2) is 0 Å². The quantitative estimate of drug-likeness (QED) is 0.252. The summed E-state index contributed by atoms with van der Waals surface area (Å²) in [4.78, 5) is 0. The smallest absolute Gasteiger partial charge is 0.355 e. The van der Waals surface area contributed by atoms with E-state index in [2.05, 4.69) is 39.8 Å². The Morgan fingerprint density at radius 2 is 1.39 bits per heavy atom. The molecular formula is C18H33O4P. The fraction of sp³-hybridized carbons (Fsp3) is 0.667. The van der Waals surface area contributed by atoms with Gasteiger partial charge in [-0.05, 0) is 53.4 Å². The highest BCUT2D eigenvalue weighted by atomic mass is 31.2. The largest absolute Gasteiger partial charge is 0.365 e. The number of rotatable bonds is 12. The van der Waals surface area contributed by atoms with Crippen molar-refractivity contribution in [3.8, 4) is 0 Å². The average molecular weight is 344 g/mol. The lowest BCUT2D eigenvalue weighted by molar-refractivity contribution is 0.167. The molecule has 0 saturated carbocycles. The van der Waals surface area contributed by atoms with Gasteiger partial charge in [0.15, 0.2) is 0 Å². The Labute approximate surface area is 142 Å². The van der Waals surface area contributed by atoms with Crippen LogP contribution in [0.4, 0.5) is 0 Å². The summed E-state index contributed by atoms with van der Waals surface area (Å²) in [6.45, 7) is 8.96. The summed E-state index contributed by atoms with van der Waals surface area (Å²) in [7, 11) is -0.335. The van der Waals surface area contributed by atoms with Crippen LogP contribution in [0.5, 0.6) is 0 Å².